The van der Waals surface area contributed by atoms with Crippen LogP contribution in [0.2, 0.25) is 0 Å². The van der Waals surface area contributed by atoms with Crippen LogP contribution in [0.3, 0.4) is 0 Å². The van der Waals surface area contributed by atoms with Crippen molar-refractivity contribution < 1.29 is 9.30 Å². The van der Waals surface area contributed by atoms with E-state index in [0.29, 0.717) is 6.61 Å². The van der Waals surface area contributed by atoms with E-state index >= 15 is 0 Å². The second kappa shape index (κ2) is 19.6. The lowest BCUT2D eigenvalue weighted by atomic mass is 10.2. The largest absolute Gasteiger partial charge is 0.494 e. The summed E-state index contributed by atoms with van der Waals surface area (Å²) in [5, 5.41) is 0. The minimum absolute atomic E-state index is 0.709. The summed E-state index contributed by atoms with van der Waals surface area (Å²) in [7, 11) is 0. The standard InChI is InChI=1S/C17H25N2O.3C2H6/c1-3-5-6-7-12-18-13-14-19(15-18)16-8-10-17(11-9-16)20-4-2;3*1-2/h8-11,13-15H,3-7,12H2,1-2H3;3*1-2H3/q+1;;;. The van der Waals surface area contributed by atoms with Crippen molar-refractivity contribution in [3.8, 4) is 11.4 Å². The van der Waals surface area contributed by atoms with Crippen molar-refractivity contribution >= 4 is 0 Å². The van der Waals surface area contributed by atoms with E-state index in [4.69, 9.17) is 4.74 Å². The first-order valence-corrected chi connectivity index (χ1v) is 10.6. The van der Waals surface area contributed by atoms with E-state index in [-0.39, 0.29) is 0 Å². The van der Waals surface area contributed by atoms with E-state index < -0.39 is 0 Å². The summed E-state index contributed by atoms with van der Waals surface area (Å²) < 4.78 is 9.87. The summed E-state index contributed by atoms with van der Waals surface area (Å²) in [6, 6.07) is 8.22. The summed E-state index contributed by atoms with van der Waals surface area (Å²) in [5.74, 6) is 0.927. The van der Waals surface area contributed by atoms with E-state index in [1.807, 2.05) is 60.6 Å². The highest BCUT2D eigenvalue weighted by molar-refractivity contribution is 5.36. The number of aryl methyl sites for hydroxylation is 1. The third-order valence-electron chi connectivity index (χ3n) is 3.41. The molecule has 2 aromatic rings. The molecule has 0 saturated carbocycles. The molecule has 0 aliphatic heterocycles. The molecular weight excluding hydrogens is 320 g/mol. The number of benzene rings is 1. The lowest BCUT2D eigenvalue weighted by Gasteiger charge is -2.02. The third kappa shape index (κ3) is 11.0. The van der Waals surface area contributed by atoms with Crippen molar-refractivity contribution in [3.63, 3.8) is 0 Å². The maximum absolute atomic E-state index is 5.46. The van der Waals surface area contributed by atoms with Crippen molar-refractivity contribution in [2.24, 2.45) is 0 Å². The van der Waals surface area contributed by atoms with E-state index in [1.54, 1.807) is 0 Å². The fourth-order valence-corrected chi connectivity index (χ4v) is 2.28. The number of imidazole rings is 1. The lowest BCUT2D eigenvalue weighted by molar-refractivity contribution is -0.696. The third-order valence-corrected chi connectivity index (χ3v) is 3.41. The monoisotopic (exact) mass is 363 g/mol. The van der Waals surface area contributed by atoms with Crippen molar-refractivity contribution in [1.82, 2.24) is 4.57 Å². The molecule has 3 heteroatoms. The molecule has 1 aromatic carbocycles. The van der Waals surface area contributed by atoms with Gasteiger partial charge in [0.1, 0.15) is 23.8 Å². The number of unbranched alkanes of at least 4 members (excludes halogenated alkanes) is 3. The highest BCUT2D eigenvalue weighted by Gasteiger charge is 2.06. The zero-order chi connectivity index (χ0) is 20.2. The highest BCUT2D eigenvalue weighted by Crippen LogP contribution is 2.14. The first-order valence-electron chi connectivity index (χ1n) is 10.6. The fraction of sp³-hybridized carbons (Fsp3) is 0.609. The Morgan fingerprint density at radius 1 is 0.846 bits per heavy atom. The molecule has 0 atom stereocenters. The van der Waals surface area contributed by atoms with Crippen LogP contribution in [0, 0.1) is 0 Å². The molecule has 0 radical (unpaired) electrons. The van der Waals surface area contributed by atoms with Gasteiger partial charge >= 0.3 is 0 Å². The molecule has 0 fully saturated rings. The molecule has 0 N–H and O–H groups in total. The van der Waals surface area contributed by atoms with Crippen LogP contribution in [0.1, 0.15) is 81.1 Å². The Bertz CT molecular complexity index is 503. The van der Waals surface area contributed by atoms with E-state index in [1.165, 1.54) is 31.4 Å². The Kier molecular flexibility index (Phi) is 19.9. The minimum atomic E-state index is 0.709. The molecule has 2 rings (SSSR count). The molecule has 3 nitrogen and oxygen atoms in total. The molecule has 1 heterocycles. The molecule has 26 heavy (non-hydrogen) atoms. The zero-order valence-corrected chi connectivity index (χ0v) is 18.6. The smallest absolute Gasteiger partial charge is 0.248 e. The number of aromatic nitrogens is 2. The van der Waals surface area contributed by atoms with Gasteiger partial charge in [-0.2, -0.15) is 0 Å². The number of hydrogen-bond donors (Lipinski definition) is 0. The number of ether oxygens (including phenoxy) is 1. The Hall–Kier alpha value is -1.77. The molecule has 0 aliphatic rings. The molecule has 0 unspecified atom stereocenters. The van der Waals surface area contributed by atoms with Gasteiger partial charge in [-0.1, -0.05) is 61.3 Å². The summed E-state index contributed by atoms with van der Waals surface area (Å²) in [6.45, 7) is 18.1. The van der Waals surface area contributed by atoms with Crippen LogP contribution in [0.25, 0.3) is 5.69 Å². The van der Waals surface area contributed by atoms with Gasteiger partial charge in [-0.05, 0) is 44.0 Å². The second-order valence-electron chi connectivity index (χ2n) is 5.05. The summed E-state index contributed by atoms with van der Waals surface area (Å²) >= 11 is 0. The van der Waals surface area contributed by atoms with Crippen LogP contribution in [0.15, 0.2) is 43.0 Å². The maximum Gasteiger partial charge on any atom is 0.248 e. The van der Waals surface area contributed by atoms with Gasteiger partial charge in [0.05, 0.1) is 13.2 Å². The van der Waals surface area contributed by atoms with Crippen LogP contribution < -0.4 is 9.30 Å². The van der Waals surface area contributed by atoms with Crippen LogP contribution in [-0.4, -0.2) is 11.2 Å². The van der Waals surface area contributed by atoms with Crippen molar-refractivity contribution in [3.05, 3.63) is 43.0 Å². The Labute approximate surface area is 163 Å². The van der Waals surface area contributed by atoms with Crippen LogP contribution in [0.5, 0.6) is 5.75 Å². The van der Waals surface area contributed by atoms with Gasteiger partial charge in [0.2, 0.25) is 6.33 Å². The molecule has 0 saturated heterocycles. The van der Waals surface area contributed by atoms with Crippen molar-refractivity contribution in [2.45, 2.75) is 87.6 Å². The normalized spacial score (nSPS) is 8.92. The van der Waals surface area contributed by atoms with Gasteiger partial charge in [0, 0.05) is 0 Å². The minimum Gasteiger partial charge on any atom is -0.494 e. The van der Waals surface area contributed by atoms with Gasteiger partial charge in [0.25, 0.3) is 0 Å². The Morgan fingerprint density at radius 2 is 1.46 bits per heavy atom. The SMILES string of the molecule is CC.CC.CC.CCCCCC[n+]1ccn(-c2ccc(OCC)cc2)c1. The highest BCUT2D eigenvalue weighted by atomic mass is 16.5. The molecule has 0 bridgehead atoms. The maximum atomic E-state index is 5.46. The summed E-state index contributed by atoms with van der Waals surface area (Å²) in [6.07, 6.45) is 11.6. The predicted octanol–water partition coefficient (Wildman–Crippen LogP) is 6.82. The molecule has 0 aliphatic carbocycles. The van der Waals surface area contributed by atoms with Gasteiger partial charge in [-0.15, -0.1) is 0 Å². The number of nitrogens with zero attached hydrogens (tertiary/aromatic N) is 2. The number of rotatable bonds is 8. The first kappa shape index (κ1) is 26.5. The molecule has 0 amide bonds. The van der Waals surface area contributed by atoms with Crippen molar-refractivity contribution in [1.29, 1.82) is 0 Å². The second-order valence-corrected chi connectivity index (χ2v) is 5.05. The molecule has 150 valence electrons. The van der Waals surface area contributed by atoms with Gasteiger partial charge in [-0.25, -0.2) is 9.13 Å². The fourth-order valence-electron chi connectivity index (χ4n) is 2.28. The average molecular weight is 364 g/mol. The zero-order valence-electron chi connectivity index (χ0n) is 18.6. The van der Waals surface area contributed by atoms with Crippen LogP contribution in [0.4, 0.5) is 0 Å². The Morgan fingerprint density at radius 3 is 2.00 bits per heavy atom. The number of hydrogen-bond acceptors (Lipinski definition) is 1. The van der Waals surface area contributed by atoms with Crippen LogP contribution in [-0.2, 0) is 6.54 Å². The van der Waals surface area contributed by atoms with E-state index in [2.05, 4.69) is 46.9 Å². The quantitative estimate of drug-likeness (QED) is 0.371. The summed E-state index contributed by atoms with van der Waals surface area (Å²) in [5.41, 5.74) is 1.17. The van der Waals surface area contributed by atoms with Gasteiger partial charge in [-0.3, -0.25) is 0 Å². The molecule has 1 aromatic heterocycles. The molecule has 0 spiro atoms. The van der Waals surface area contributed by atoms with Gasteiger partial charge < -0.3 is 4.74 Å². The first-order chi connectivity index (χ1) is 12.8. The topological polar surface area (TPSA) is 18.0 Å². The van der Waals surface area contributed by atoms with E-state index in [9.17, 15) is 0 Å². The predicted molar refractivity (Wildman–Crippen MR) is 115 cm³/mol. The average Bonchev–Trinajstić information content (AvgIpc) is 3.20. The Balaban J connectivity index is 0. The summed E-state index contributed by atoms with van der Waals surface area (Å²) in [4.78, 5) is 0. The van der Waals surface area contributed by atoms with Gasteiger partial charge in [0.15, 0.2) is 0 Å². The van der Waals surface area contributed by atoms with E-state index in [0.717, 1.165) is 12.3 Å². The molecular formula is C23H43N2O+. The van der Waals surface area contributed by atoms with Crippen molar-refractivity contribution in [2.75, 3.05) is 6.61 Å². The van der Waals surface area contributed by atoms with Crippen LogP contribution >= 0.6 is 0 Å². The lowest BCUT2D eigenvalue weighted by Crippen LogP contribution is -2.30.